The van der Waals surface area contributed by atoms with E-state index in [2.05, 4.69) is 12.2 Å². The molecule has 1 aromatic carbocycles. The average Bonchev–Trinajstić information content (AvgIpc) is 2.86. The van der Waals surface area contributed by atoms with Crippen molar-refractivity contribution in [2.24, 2.45) is 0 Å². The molecule has 0 aromatic heterocycles. The zero-order valence-corrected chi connectivity index (χ0v) is 12.8. The fraction of sp³-hybridized carbons (Fsp3) is 0.533. The van der Waals surface area contributed by atoms with Crippen LogP contribution in [0.2, 0.25) is 0 Å². The summed E-state index contributed by atoms with van der Waals surface area (Å²) in [6.45, 7) is 2.16. The van der Waals surface area contributed by atoms with Gasteiger partial charge in [0, 0.05) is 16.9 Å². The molecule has 1 saturated carbocycles. The molecule has 4 nitrogen and oxygen atoms in total. The van der Waals surface area contributed by atoms with Crippen LogP contribution in [0.4, 0.5) is 5.69 Å². The van der Waals surface area contributed by atoms with Gasteiger partial charge < -0.3 is 15.8 Å². The van der Waals surface area contributed by atoms with Crippen LogP contribution in [0.3, 0.4) is 0 Å². The van der Waals surface area contributed by atoms with Gasteiger partial charge >= 0.3 is 0 Å². The first kappa shape index (κ1) is 15.0. The highest BCUT2D eigenvalue weighted by Crippen LogP contribution is 2.30. The van der Waals surface area contributed by atoms with E-state index in [0.29, 0.717) is 22.3 Å². The van der Waals surface area contributed by atoms with E-state index >= 15 is 0 Å². The van der Waals surface area contributed by atoms with Gasteiger partial charge in [0.05, 0.1) is 12.8 Å². The maximum atomic E-state index is 12.3. The quantitative estimate of drug-likeness (QED) is 0.820. The number of hydrogen-bond donors (Lipinski definition) is 2. The predicted molar refractivity (Wildman–Crippen MR) is 84.4 cm³/mol. The van der Waals surface area contributed by atoms with Crippen LogP contribution in [0.25, 0.3) is 0 Å². The number of nitrogens with two attached hydrogens (primary N) is 1. The minimum absolute atomic E-state index is 0.0482. The lowest BCUT2D eigenvalue weighted by atomic mass is 10.1. The van der Waals surface area contributed by atoms with E-state index in [0.717, 1.165) is 12.2 Å². The van der Waals surface area contributed by atoms with Gasteiger partial charge in [0.2, 0.25) is 0 Å². The molecular weight excluding hydrogens is 272 g/mol. The molecule has 1 amide bonds. The molecule has 0 radical (unpaired) electrons. The smallest absolute Gasteiger partial charge is 0.251 e. The molecule has 1 aliphatic carbocycles. The Balaban J connectivity index is 2.02. The van der Waals surface area contributed by atoms with Crippen molar-refractivity contribution in [1.29, 1.82) is 0 Å². The maximum Gasteiger partial charge on any atom is 0.251 e. The molecule has 0 spiro atoms. The first-order chi connectivity index (χ1) is 9.65. The lowest BCUT2D eigenvalue weighted by molar-refractivity contribution is 0.0938. The van der Waals surface area contributed by atoms with Crippen molar-refractivity contribution in [3.05, 3.63) is 23.8 Å². The monoisotopic (exact) mass is 294 g/mol. The molecule has 0 saturated heterocycles. The third kappa shape index (κ3) is 3.39. The first-order valence-electron chi connectivity index (χ1n) is 7.01. The summed E-state index contributed by atoms with van der Waals surface area (Å²) in [4.78, 5) is 12.3. The minimum Gasteiger partial charge on any atom is -0.495 e. The second-order valence-electron chi connectivity index (χ2n) is 4.96. The Labute approximate surface area is 124 Å². The van der Waals surface area contributed by atoms with Crippen molar-refractivity contribution in [3.63, 3.8) is 0 Å². The summed E-state index contributed by atoms with van der Waals surface area (Å²) >= 11 is 1.93. The van der Waals surface area contributed by atoms with E-state index in [9.17, 15) is 4.79 Å². The molecule has 2 rings (SSSR count). The highest BCUT2D eigenvalue weighted by Gasteiger charge is 2.28. The van der Waals surface area contributed by atoms with E-state index in [4.69, 9.17) is 10.5 Å². The topological polar surface area (TPSA) is 64.3 Å². The summed E-state index contributed by atoms with van der Waals surface area (Å²) in [6.07, 6.45) is 3.44. The van der Waals surface area contributed by atoms with Gasteiger partial charge in [0.25, 0.3) is 5.91 Å². The number of thioether (sulfide) groups is 1. The molecule has 0 aliphatic heterocycles. The van der Waals surface area contributed by atoms with E-state index in [1.165, 1.54) is 12.8 Å². The number of carbonyl (C=O) groups is 1. The summed E-state index contributed by atoms with van der Waals surface area (Å²) in [5.74, 6) is 1.64. The van der Waals surface area contributed by atoms with E-state index in [-0.39, 0.29) is 11.9 Å². The van der Waals surface area contributed by atoms with Crippen molar-refractivity contribution in [2.75, 3.05) is 18.6 Å². The van der Waals surface area contributed by atoms with Crippen LogP contribution < -0.4 is 15.8 Å². The van der Waals surface area contributed by atoms with Crippen LogP contribution in [0.15, 0.2) is 18.2 Å². The Morgan fingerprint density at radius 2 is 2.30 bits per heavy atom. The van der Waals surface area contributed by atoms with Crippen LogP contribution in [0, 0.1) is 0 Å². The maximum absolute atomic E-state index is 12.3. The Kier molecular flexibility index (Phi) is 5.17. The average molecular weight is 294 g/mol. The van der Waals surface area contributed by atoms with Crippen molar-refractivity contribution in [1.82, 2.24) is 5.32 Å². The van der Waals surface area contributed by atoms with Gasteiger partial charge in [-0.05, 0) is 36.8 Å². The molecule has 1 fully saturated rings. The van der Waals surface area contributed by atoms with E-state index in [1.54, 1.807) is 25.3 Å². The molecule has 3 N–H and O–H groups in total. The Morgan fingerprint density at radius 3 is 2.95 bits per heavy atom. The Hall–Kier alpha value is -1.36. The first-order valence-corrected chi connectivity index (χ1v) is 8.06. The van der Waals surface area contributed by atoms with E-state index < -0.39 is 0 Å². The van der Waals surface area contributed by atoms with Crippen LogP contribution in [0.5, 0.6) is 5.75 Å². The molecule has 20 heavy (non-hydrogen) atoms. The van der Waals surface area contributed by atoms with Crippen molar-refractivity contribution >= 4 is 23.4 Å². The fourth-order valence-corrected chi connectivity index (χ4v) is 3.83. The number of nitrogen functional groups attached to an aromatic ring is 1. The Bertz CT molecular complexity index is 479. The number of amides is 1. The zero-order chi connectivity index (χ0) is 14.5. The number of rotatable bonds is 5. The number of hydrogen-bond acceptors (Lipinski definition) is 4. The largest absolute Gasteiger partial charge is 0.495 e. The number of carbonyl (C=O) groups excluding carboxylic acids is 1. The lowest BCUT2D eigenvalue weighted by Crippen LogP contribution is -2.38. The van der Waals surface area contributed by atoms with Gasteiger partial charge in [-0.25, -0.2) is 0 Å². The number of benzene rings is 1. The molecule has 5 heteroatoms. The number of nitrogens with one attached hydrogen (secondary N) is 1. The summed E-state index contributed by atoms with van der Waals surface area (Å²) in [5, 5.41) is 3.68. The Morgan fingerprint density at radius 1 is 1.50 bits per heavy atom. The van der Waals surface area contributed by atoms with Gasteiger partial charge in [-0.1, -0.05) is 13.3 Å². The molecule has 0 bridgehead atoms. The van der Waals surface area contributed by atoms with E-state index in [1.807, 2.05) is 11.8 Å². The lowest BCUT2D eigenvalue weighted by Gasteiger charge is -2.20. The third-order valence-electron chi connectivity index (χ3n) is 3.64. The molecule has 2 atom stereocenters. The fourth-order valence-electron chi connectivity index (χ4n) is 2.63. The van der Waals surface area contributed by atoms with Gasteiger partial charge in [-0.15, -0.1) is 0 Å². The summed E-state index contributed by atoms with van der Waals surface area (Å²) in [5.41, 5.74) is 6.93. The van der Waals surface area contributed by atoms with Crippen molar-refractivity contribution in [2.45, 2.75) is 37.5 Å². The molecule has 0 heterocycles. The molecule has 1 aliphatic rings. The minimum atomic E-state index is -0.0482. The predicted octanol–water partition coefficient (Wildman–Crippen LogP) is 2.68. The van der Waals surface area contributed by atoms with Gasteiger partial charge in [0.1, 0.15) is 5.75 Å². The van der Waals surface area contributed by atoms with Gasteiger partial charge in [-0.3, -0.25) is 4.79 Å². The van der Waals surface area contributed by atoms with Gasteiger partial charge in [0.15, 0.2) is 0 Å². The molecule has 110 valence electrons. The highest BCUT2D eigenvalue weighted by molar-refractivity contribution is 7.99. The van der Waals surface area contributed by atoms with Crippen LogP contribution in [-0.4, -0.2) is 30.1 Å². The number of anilines is 1. The standard InChI is InChI=1S/C15H22N2O2S/c1-3-20-14-6-4-5-12(14)17-15(18)10-7-8-13(19-2)11(16)9-10/h7-9,12,14H,3-6,16H2,1-2H3,(H,17,18). The normalized spacial score (nSPS) is 21.7. The number of ether oxygens (including phenoxy) is 1. The SMILES string of the molecule is CCSC1CCCC1NC(=O)c1ccc(OC)c(N)c1. The van der Waals surface area contributed by atoms with Gasteiger partial charge in [-0.2, -0.15) is 11.8 Å². The molecule has 1 aromatic rings. The van der Waals surface area contributed by atoms with Crippen LogP contribution in [-0.2, 0) is 0 Å². The second kappa shape index (κ2) is 6.88. The zero-order valence-electron chi connectivity index (χ0n) is 12.0. The highest BCUT2D eigenvalue weighted by atomic mass is 32.2. The summed E-state index contributed by atoms with van der Waals surface area (Å²) in [6, 6.07) is 5.43. The summed E-state index contributed by atoms with van der Waals surface area (Å²) < 4.78 is 5.10. The van der Waals surface area contributed by atoms with Crippen molar-refractivity contribution < 1.29 is 9.53 Å². The molecular formula is C15H22N2O2S. The number of methoxy groups -OCH3 is 1. The molecule has 2 unspecified atom stereocenters. The van der Waals surface area contributed by atoms with Crippen molar-refractivity contribution in [3.8, 4) is 5.75 Å². The summed E-state index contributed by atoms with van der Waals surface area (Å²) in [7, 11) is 1.57. The van der Waals surface area contributed by atoms with Crippen LogP contribution >= 0.6 is 11.8 Å². The van der Waals surface area contributed by atoms with Crippen LogP contribution in [0.1, 0.15) is 36.5 Å². The third-order valence-corrected chi connectivity index (χ3v) is 4.97. The second-order valence-corrected chi connectivity index (χ2v) is 6.48.